The zero-order chi connectivity index (χ0) is 12.0. The molecule has 16 heavy (non-hydrogen) atoms. The number of benzene rings is 1. The minimum absolute atomic E-state index is 0.171. The molecular weight excluding hydrogens is 202 g/mol. The van der Waals surface area contributed by atoms with Crippen LogP contribution in [0.4, 0.5) is 0 Å². The van der Waals surface area contributed by atoms with Crippen LogP contribution in [0.1, 0.15) is 25.8 Å². The third kappa shape index (κ3) is 2.97. The van der Waals surface area contributed by atoms with Crippen LogP contribution in [0.3, 0.4) is 0 Å². The van der Waals surface area contributed by atoms with Crippen molar-refractivity contribution in [2.45, 2.75) is 25.8 Å². The fourth-order valence-corrected chi connectivity index (χ4v) is 1.72. The maximum atomic E-state index is 9.07. The van der Waals surface area contributed by atoms with Gasteiger partial charge in [0.05, 0.1) is 6.61 Å². The highest BCUT2D eigenvalue weighted by atomic mass is 16.5. The van der Waals surface area contributed by atoms with Crippen LogP contribution in [-0.4, -0.2) is 25.4 Å². The Kier molecular flexibility index (Phi) is 4.77. The predicted molar refractivity (Wildman–Crippen MR) is 65.7 cm³/mol. The fourth-order valence-electron chi connectivity index (χ4n) is 1.72. The van der Waals surface area contributed by atoms with E-state index in [0.29, 0.717) is 13.0 Å². The second-order valence-corrected chi connectivity index (χ2v) is 4.01. The van der Waals surface area contributed by atoms with E-state index in [1.54, 1.807) is 0 Å². The molecule has 1 atom stereocenters. The molecule has 90 valence electrons. The van der Waals surface area contributed by atoms with Crippen molar-refractivity contribution in [1.29, 1.82) is 0 Å². The van der Waals surface area contributed by atoms with Crippen LogP contribution >= 0.6 is 0 Å². The number of nitrogens with one attached hydrogen (secondary N) is 1. The van der Waals surface area contributed by atoms with Gasteiger partial charge in [-0.2, -0.15) is 0 Å². The maximum absolute atomic E-state index is 9.07. The third-order valence-corrected chi connectivity index (χ3v) is 2.97. The summed E-state index contributed by atoms with van der Waals surface area (Å²) in [6.45, 7) is 4.90. The van der Waals surface area contributed by atoms with Crippen LogP contribution in [0.25, 0.3) is 0 Å². The predicted octanol–water partition coefficient (Wildman–Crippen LogP) is 1.90. The summed E-state index contributed by atoms with van der Waals surface area (Å²) >= 11 is 0. The number of rotatable bonds is 6. The molecule has 0 heterocycles. The Balaban J connectivity index is 2.85. The van der Waals surface area contributed by atoms with Gasteiger partial charge in [0, 0.05) is 12.1 Å². The van der Waals surface area contributed by atoms with E-state index < -0.39 is 0 Å². The second kappa shape index (κ2) is 5.87. The molecule has 0 fully saturated rings. The second-order valence-electron chi connectivity index (χ2n) is 4.01. The molecule has 0 bridgehead atoms. The quantitative estimate of drug-likeness (QED) is 0.774. The van der Waals surface area contributed by atoms with Crippen molar-refractivity contribution in [2.75, 3.05) is 20.3 Å². The topological polar surface area (TPSA) is 41.5 Å². The Hall–Kier alpha value is -1.06. The first-order chi connectivity index (χ1) is 7.66. The molecule has 0 aliphatic carbocycles. The lowest BCUT2D eigenvalue weighted by Gasteiger charge is -2.29. The summed E-state index contributed by atoms with van der Waals surface area (Å²) in [5.41, 5.74) is 0.979. The minimum atomic E-state index is -0.181. The van der Waals surface area contributed by atoms with Gasteiger partial charge in [-0.05, 0) is 45.0 Å². The number of aliphatic hydroxyl groups is 1. The summed E-state index contributed by atoms with van der Waals surface area (Å²) < 4.78 is 5.40. The molecule has 0 amide bonds. The Morgan fingerprint density at radius 1 is 1.31 bits per heavy atom. The van der Waals surface area contributed by atoms with Crippen LogP contribution in [0, 0.1) is 0 Å². The maximum Gasteiger partial charge on any atom is 0.119 e. The van der Waals surface area contributed by atoms with Crippen LogP contribution in [-0.2, 0) is 5.54 Å². The molecule has 0 aromatic heterocycles. The zero-order valence-electron chi connectivity index (χ0n) is 10.3. The van der Waals surface area contributed by atoms with Crippen molar-refractivity contribution in [2.24, 2.45) is 0 Å². The zero-order valence-corrected chi connectivity index (χ0v) is 10.3. The van der Waals surface area contributed by atoms with Crippen LogP contribution in [0.15, 0.2) is 24.3 Å². The van der Waals surface area contributed by atoms with Crippen LogP contribution < -0.4 is 10.1 Å². The Labute approximate surface area is 97.4 Å². The summed E-state index contributed by atoms with van der Waals surface area (Å²) in [7, 11) is 1.91. The van der Waals surface area contributed by atoms with E-state index in [0.717, 1.165) is 11.3 Å². The lowest BCUT2D eigenvalue weighted by Crippen LogP contribution is -2.37. The first-order valence-corrected chi connectivity index (χ1v) is 5.69. The highest BCUT2D eigenvalue weighted by molar-refractivity contribution is 5.31. The van der Waals surface area contributed by atoms with Crippen molar-refractivity contribution in [3.63, 3.8) is 0 Å². The average Bonchev–Trinajstić information content (AvgIpc) is 2.30. The monoisotopic (exact) mass is 223 g/mol. The van der Waals surface area contributed by atoms with Crippen LogP contribution in [0.5, 0.6) is 5.75 Å². The number of hydrogen-bond acceptors (Lipinski definition) is 3. The van der Waals surface area contributed by atoms with E-state index >= 15 is 0 Å². The smallest absolute Gasteiger partial charge is 0.119 e. The van der Waals surface area contributed by atoms with Gasteiger partial charge in [0.15, 0.2) is 0 Å². The van der Waals surface area contributed by atoms with E-state index in [9.17, 15) is 0 Å². The lowest BCUT2D eigenvalue weighted by molar-refractivity contribution is 0.228. The summed E-state index contributed by atoms with van der Waals surface area (Å²) in [6, 6.07) is 8.01. The van der Waals surface area contributed by atoms with Gasteiger partial charge in [-0.3, -0.25) is 0 Å². The van der Waals surface area contributed by atoms with Gasteiger partial charge in [-0.25, -0.2) is 0 Å². The first-order valence-electron chi connectivity index (χ1n) is 5.69. The van der Waals surface area contributed by atoms with E-state index in [2.05, 4.69) is 12.2 Å². The first kappa shape index (κ1) is 13.0. The van der Waals surface area contributed by atoms with Crippen molar-refractivity contribution in [3.8, 4) is 5.75 Å². The molecule has 0 saturated heterocycles. The molecule has 0 saturated carbocycles. The molecule has 1 aromatic rings. The van der Waals surface area contributed by atoms with Gasteiger partial charge in [0.25, 0.3) is 0 Å². The number of ether oxygens (including phenoxy) is 1. The molecule has 3 heteroatoms. The van der Waals surface area contributed by atoms with Gasteiger partial charge in [-0.1, -0.05) is 12.1 Å². The SMILES string of the molecule is CCOc1ccc(C(C)(CCO)NC)cc1. The van der Waals surface area contributed by atoms with Crippen LogP contribution in [0.2, 0.25) is 0 Å². The minimum Gasteiger partial charge on any atom is -0.494 e. The number of hydrogen-bond donors (Lipinski definition) is 2. The largest absolute Gasteiger partial charge is 0.494 e. The molecular formula is C13H21NO2. The Morgan fingerprint density at radius 2 is 1.94 bits per heavy atom. The van der Waals surface area contributed by atoms with Crippen molar-refractivity contribution < 1.29 is 9.84 Å². The van der Waals surface area contributed by atoms with E-state index in [1.165, 1.54) is 0 Å². The highest BCUT2D eigenvalue weighted by Gasteiger charge is 2.23. The molecule has 1 aromatic carbocycles. The molecule has 0 aliphatic rings. The standard InChI is InChI=1S/C13H21NO2/c1-4-16-12-7-5-11(6-8-12)13(2,14-3)9-10-15/h5-8,14-15H,4,9-10H2,1-3H3. The van der Waals surface area contributed by atoms with Gasteiger partial charge in [0.1, 0.15) is 5.75 Å². The summed E-state index contributed by atoms with van der Waals surface area (Å²) in [5, 5.41) is 12.3. The average molecular weight is 223 g/mol. The Bertz CT molecular complexity index is 310. The van der Waals surface area contributed by atoms with E-state index in [4.69, 9.17) is 9.84 Å². The summed E-state index contributed by atoms with van der Waals surface area (Å²) in [5.74, 6) is 0.883. The lowest BCUT2D eigenvalue weighted by atomic mass is 9.89. The van der Waals surface area contributed by atoms with Crippen molar-refractivity contribution in [1.82, 2.24) is 5.32 Å². The number of aliphatic hydroxyl groups excluding tert-OH is 1. The molecule has 1 unspecified atom stereocenters. The molecule has 0 radical (unpaired) electrons. The van der Waals surface area contributed by atoms with Gasteiger partial charge < -0.3 is 15.2 Å². The molecule has 2 N–H and O–H groups in total. The highest BCUT2D eigenvalue weighted by Crippen LogP contribution is 2.25. The fraction of sp³-hybridized carbons (Fsp3) is 0.538. The van der Waals surface area contributed by atoms with Crippen molar-refractivity contribution >= 4 is 0 Å². The molecule has 3 nitrogen and oxygen atoms in total. The summed E-state index contributed by atoms with van der Waals surface area (Å²) in [6.07, 6.45) is 0.692. The normalized spacial score (nSPS) is 14.5. The summed E-state index contributed by atoms with van der Waals surface area (Å²) in [4.78, 5) is 0. The van der Waals surface area contributed by atoms with E-state index in [-0.39, 0.29) is 12.1 Å². The van der Waals surface area contributed by atoms with Gasteiger partial charge >= 0.3 is 0 Å². The van der Waals surface area contributed by atoms with E-state index in [1.807, 2.05) is 38.2 Å². The third-order valence-electron chi connectivity index (χ3n) is 2.97. The van der Waals surface area contributed by atoms with Crippen molar-refractivity contribution in [3.05, 3.63) is 29.8 Å². The van der Waals surface area contributed by atoms with Gasteiger partial charge in [-0.15, -0.1) is 0 Å². The molecule has 0 spiro atoms. The molecule has 0 aliphatic heterocycles. The Morgan fingerprint density at radius 3 is 2.38 bits per heavy atom. The molecule has 1 rings (SSSR count). The van der Waals surface area contributed by atoms with Gasteiger partial charge in [0.2, 0.25) is 0 Å².